The van der Waals surface area contributed by atoms with E-state index in [-0.39, 0.29) is 0 Å². The Balaban J connectivity index is 1.62. The molecule has 1 aliphatic heterocycles. The van der Waals surface area contributed by atoms with Gasteiger partial charge in [0, 0.05) is 6.54 Å². The first-order valence-electron chi connectivity index (χ1n) is 8.45. The van der Waals surface area contributed by atoms with E-state index in [2.05, 4.69) is 10.0 Å². The molecule has 1 heterocycles. The third-order valence-corrected chi connectivity index (χ3v) is 6.43. The van der Waals surface area contributed by atoms with Gasteiger partial charge in [-0.2, -0.15) is 0 Å². The number of benzene rings is 1. The topological polar surface area (TPSA) is 58.2 Å². The number of rotatable bonds is 5. The molecular formula is C17H26N2O2S. The van der Waals surface area contributed by atoms with Gasteiger partial charge in [0.25, 0.3) is 0 Å². The molecule has 122 valence electrons. The molecule has 3 rings (SSSR count). The summed E-state index contributed by atoms with van der Waals surface area (Å²) in [4.78, 5) is 0.387. The van der Waals surface area contributed by atoms with E-state index in [9.17, 15) is 8.42 Å². The van der Waals surface area contributed by atoms with Gasteiger partial charge in [0.2, 0.25) is 10.0 Å². The van der Waals surface area contributed by atoms with E-state index in [4.69, 9.17) is 0 Å². The smallest absolute Gasteiger partial charge is 0.240 e. The molecule has 1 saturated heterocycles. The van der Waals surface area contributed by atoms with E-state index < -0.39 is 10.0 Å². The van der Waals surface area contributed by atoms with E-state index in [0.29, 0.717) is 23.3 Å². The van der Waals surface area contributed by atoms with E-state index in [0.717, 1.165) is 19.5 Å². The highest BCUT2D eigenvalue weighted by molar-refractivity contribution is 7.89. The Morgan fingerprint density at radius 3 is 2.41 bits per heavy atom. The molecule has 0 amide bonds. The Kier molecular flexibility index (Phi) is 5.16. The first-order valence-corrected chi connectivity index (χ1v) is 9.94. The molecule has 5 heteroatoms. The second-order valence-corrected chi connectivity index (χ2v) is 8.38. The largest absolute Gasteiger partial charge is 0.316 e. The number of nitrogens with one attached hydrogen (secondary N) is 2. The molecule has 2 aliphatic rings. The highest BCUT2D eigenvalue weighted by Gasteiger charge is 2.20. The van der Waals surface area contributed by atoms with Crippen molar-refractivity contribution in [2.45, 2.75) is 49.3 Å². The summed E-state index contributed by atoms with van der Waals surface area (Å²) in [7, 11) is -3.37. The highest BCUT2D eigenvalue weighted by Crippen LogP contribution is 2.32. The molecule has 0 radical (unpaired) electrons. The van der Waals surface area contributed by atoms with Crippen molar-refractivity contribution in [3.8, 4) is 0 Å². The minimum absolute atomic E-state index is 0.387. The molecule has 1 saturated carbocycles. The summed E-state index contributed by atoms with van der Waals surface area (Å²) in [6.07, 6.45) is 7.44. The standard InChI is InChI=1S/C17H26N2O2S/c20-22(21,19-13-14-10-11-18-12-14)17-8-6-16(7-9-17)15-4-2-1-3-5-15/h6-9,14-15,18-19H,1-5,10-13H2. The van der Waals surface area contributed by atoms with Crippen molar-refractivity contribution in [1.29, 1.82) is 0 Å². The maximum absolute atomic E-state index is 12.3. The first kappa shape index (κ1) is 16.0. The monoisotopic (exact) mass is 322 g/mol. The van der Waals surface area contributed by atoms with Gasteiger partial charge in [0.1, 0.15) is 0 Å². The lowest BCUT2D eigenvalue weighted by Crippen LogP contribution is -2.30. The summed E-state index contributed by atoms with van der Waals surface area (Å²) in [5.74, 6) is 1.03. The van der Waals surface area contributed by atoms with Crippen molar-refractivity contribution in [2.75, 3.05) is 19.6 Å². The normalized spacial score (nSPS) is 23.7. The summed E-state index contributed by atoms with van der Waals surface area (Å²) < 4.78 is 27.4. The van der Waals surface area contributed by atoms with Crippen LogP contribution < -0.4 is 10.0 Å². The van der Waals surface area contributed by atoms with Crippen molar-refractivity contribution in [1.82, 2.24) is 10.0 Å². The molecular weight excluding hydrogens is 296 g/mol. The lowest BCUT2D eigenvalue weighted by molar-refractivity contribution is 0.443. The third-order valence-electron chi connectivity index (χ3n) is 4.99. The van der Waals surface area contributed by atoms with Crippen LogP contribution in [0.2, 0.25) is 0 Å². The Morgan fingerprint density at radius 1 is 1.05 bits per heavy atom. The lowest BCUT2D eigenvalue weighted by atomic mass is 9.84. The van der Waals surface area contributed by atoms with Crippen LogP contribution in [0.3, 0.4) is 0 Å². The van der Waals surface area contributed by atoms with Crippen molar-refractivity contribution in [3.05, 3.63) is 29.8 Å². The average Bonchev–Trinajstić information content (AvgIpc) is 3.08. The minimum Gasteiger partial charge on any atom is -0.316 e. The SMILES string of the molecule is O=S(=O)(NCC1CCNC1)c1ccc(C2CCCCC2)cc1. The maximum Gasteiger partial charge on any atom is 0.240 e. The number of hydrogen-bond donors (Lipinski definition) is 2. The molecule has 0 spiro atoms. The molecule has 1 aromatic carbocycles. The van der Waals surface area contributed by atoms with Crippen molar-refractivity contribution in [2.24, 2.45) is 5.92 Å². The maximum atomic E-state index is 12.3. The van der Waals surface area contributed by atoms with E-state index in [1.54, 1.807) is 12.1 Å². The van der Waals surface area contributed by atoms with Crippen LogP contribution in [0.25, 0.3) is 0 Å². The Bertz CT molecular complexity index is 571. The number of hydrogen-bond acceptors (Lipinski definition) is 3. The summed E-state index contributed by atoms with van der Waals surface area (Å²) in [6, 6.07) is 7.53. The highest BCUT2D eigenvalue weighted by atomic mass is 32.2. The summed E-state index contributed by atoms with van der Waals surface area (Å²) in [6.45, 7) is 2.42. The molecule has 0 aromatic heterocycles. The fraction of sp³-hybridized carbons (Fsp3) is 0.647. The average molecular weight is 322 g/mol. The minimum atomic E-state index is -3.37. The van der Waals surface area contributed by atoms with Crippen molar-refractivity contribution in [3.63, 3.8) is 0 Å². The van der Waals surface area contributed by atoms with Gasteiger partial charge in [-0.05, 0) is 61.9 Å². The van der Waals surface area contributed by atoms with Crippen LogP contribution in [0.4, 0.5) is 0 Å². The fourth-order valence-electron chi connectivity index (χ4n) is 3.55. The van der Waals surface area contributed by atoms with Crippen LogP contribution in [0, 0.1) is 5.92 Å². The van der Waals surface area contributed by atoms with Gasteiger partial charge in [-0.15, -0.1) is 0 Å². The van der Waals surface area contributed by atoms with Crippen LogP contribution in [0.15, 0.2) is 29.2 Å². The van der Waals surface area contributed by atoms with Crippen LogP contribution >= 0.6 is 0 Å². The second kappa shape index (κ2) is 7.11. The van der Waals surface area contributed by atoms with E-state index in [1.165, 1.54) is 37.7 Å². The van der Waals surface area contributed by atoms with Gasteiger partial charge < -0.3 is 5.32 Å². The fourth-order valence-corrected chi connectivity index (χ4v) is 4.67. The summed E-state index contributed by atoms with van der Waals surface area (Å²) >= 11 is 0. The molecule has 0 bridgehead atoms. The molecule has 2 N–H and O–H groups in total. The van der Waals surface area contributed by atoms with Crippen molar-refractivity contribution < 1.29 is 8.42 Å². The van der Waals surface area contributed by atoms with E-state index >= 15 is 0 Å². The Morgan fingerprint density at radius 2 is 1.77 bits per heavy atom. The van der Waals surface area contributed by atoms with Crippen LogP contribution in [0.1, 0.15) is 50.0 Å². The second-order valence-electron chi connectivity index (χ2n) is 6.61. The van der Waals surface area contributed by atoms with Gasteiger partial charge >= 0.3 is 0 Å². The first-order chi connectivity index (χ1) is 10.6. The van der Waals surface area contributed by atoms with Crippen molar-refractivity contribution >= 4 is 10.0 Å². The zero-order valence-electron chi connectivity index (χ0n) is 13.1. The molecule has 22 heavy (non-hydrogen) atoms. The van der Waals surface area contributed by atoms with E-state index in [1.807, 2.05) is 12.1 Å². The predicted molar refractivity (Wildman–Crippen MR) is 88.4 cm³/mol. The zero-order valence-corrected chi connectivity index (χ0v) is 13.9. The zero-order chi connectivity index (χ0) is 15.4. The molecule has 1 aliphatic carbocycles. The predicted octanol–water partition coefficient (Wildman–Crippen LogP) is 2.62. The lowest BCUT2D eigenvalue weighted by Gasteiger charge is -2.22. The summed E-state index contributed by atoms with van der Waals surface area (Å²) in [5, 5.41) is 3.26. The Hall–Kier alpha value is -0.910. The van der Waals surface area contributed by atoms with Gasteiger partial charge in [-0.1, -0.05) is 31.4 Å². The molecule has 1 atom stereocenters. The molecule has 2 fully saturated rings. The van der Waals surface area contributed by atoms with Gasteiger partial charge in [-0.3, -0.25) is 0 Å². The molecule has 1 unspecified atom stereocenters. The van der Waals surface area contributed by atoms with Gasteiger partial charge in [0.05, 0.1) is 4.90 Å². The summed E-state index contributed by atoms with van der Waals surface area (Å²) in [5.41, 5.74) is 1.29. The molecule has 1 aromatic rings. The molecule has 4 nitrogen and oxygen atoms in total. The van der Waals surface area contributed by atoms with Crippen LogP contribution in [-0.2, 0) is 10.0 Å². The van der Waals surface area contributed by atoms with Gasteiger partial charge in [-0.25, -0.2) is 13.1 Å². The van der Waals surface area contributed by atoms with Gasteiger partial charge in [0.15, 0.2) is 0 Å². The number of sulfonamides is 1. The Labute approximate surface area is 133 Å². The van der Waals surface area contributed by atoms with Crippen LogP contribution in [-0.4, -0.2) is 28.1 Å². The quantitative estimate of drug-likeness (QED) is 0.876. The van der Waals surface area contributed by atoms with Crippen LogP contribution in [0.5, 0.6) is 0 Å². The third kappa shape index (κ3) is 3.89.